The Morgan fingerprint density at radius 3 is 3.08 bits per heavy atom. The van der Waals surface area contributed by atoms with Gasteiger partial charge in [0, 0.05) is 24.0 Å². The van der Waals surface area contributed by atoms with Crippen LogP contribution in [0.15, 0.2) is 6.07 Å². The molecule has 72 valence electrons. The largest absolute Gasteiger partial charge is 0.349 e. The second kappa shape index (κ2) is 3.18. The van der Waals surface area contributed by atoms with Crippen LogP contribution in [0.3, 0.4) is 0 Å². The normalized spacial score (nSPS) is 21.6. The van der Waals surface area contributed by atoms with Crippen LogP contribution in [0.1, 0.15) is 42.8 Å². The van der Waals surface area contributed by atoms with Crippen molar-refractivity contribution in [2.45, 2.75) is 45.7 Å². The van der Waals surface area contributed by atoms with E-state index in [1.165, 1.54) is 29.8 Å². The van der Waals surface area contributed by atoms with Crippen LogP contribution in [0, 0.1) is 6.92 Å². The van der Waals surface area contributed by atoms with E-state index in [2.05, 4.69) is 24.5 Å². The summed E-state index contributed by atoms with van der Waals surface area (Å²) < 4.78 is 2.40. The molecule has 0 radical (unpaired) electrons. The summed E-state index contributed by atoms with van der Waals surface area (Å²) in [4.78, 5) is 0. The van der Waals surface area contributed by atoms with E-state index < -0.39 is 0 Å². The first-order chi connectivity index (χ1) is 6.24. The molecule has 0 aromatic carbocycles. The summed E-state index contributed by atoms with van der Waals surface area (Å²) >= 11 is 0. The molecule has 0 bridgehead atoms. The number of hydrogen-bond acceptors (Lipinski definition) is 1. The minimum Gasteiger partial charge on any atom is -0.349 e. The van der Waals surface area contributed by atoms with Gasteiger partial charge in [0.25, 0.3) is 0 Å². The maximum Gasteiger partial charge on any atom is 0.0313 e. The maximum absolute atomic E-state index is 6.07. The van der Waals surface area contributed by atoms with E-state index >= 15 is 0 Å². The molecule has 2 rings (SSSR count). The van der Waals surface area contributed by atoms with Crippen LogP contribution in [0.4, 0.5) is 0 Å². The molecule has 0 saturated heterocycles. The topological polar surface area (TPSA) is 30.9 Å². The van der Waals surface area contributed by atoms with Crippen LogP contribution >= 0.6 is 0 Å². The lowest BCUT2D eigenvalue weighted by atomic mass is 9.93. The first-order valence-corrected chi connectivity index (χ1v) is 5.18. The molecule has 1 aromatic rings. The van der Waals surface area contributed by atoms with Gasteiger partial charge >= 0.3 is 0 Å². The van der Waals surface area contributed by atoms with Gasteiger partial charge in [0.2, 0.25) is 0 Å². The molecule has 1 aromatic heterocycles. The van der Waals surface area contributed by atoms with E-state index in [0.29, 0.717) is 0 Å². The van der Waals surface area contributed by atoms with Gasteiger partial charge in [0.05, 0.1) is 0 Å². The van der Waals surface area contributed by atoms with Gasteiger partial charge in [-0.3, -0.25) is 0 Å². The second-order valence-electron chi connectivity index (χ2n) is 3.93. The minimum absolute atomic E-state index is 0.287. The van der Waals surface area contributed by atoms with Gasteiger partial charge in [0.1, 0.15) is 0 Å². The van der Waals surface area contributed by atoms with Crippen molar-refractivity contribution in [2.75, 3.05) is 0 Å². The molecule has 0 aliphatic heterocycles. The predicted octanol–water partition coefficient (Wildman–Crippen LogP) is 2.15. The number of rotatable bonds is 1. The van der Waals surface area contributed by atoms with Crippen molar-refractivity contribution in [3.63, 3.8) is 0 Å². The number of fused-ring (bicyclic) bond motifs is 1. The zero-order valence-electron chi connectivity index (χ0n) is 8.51. The van der Waals surface area contributed by atoms with E-state index in [1.54, 1.807) is 0 Å². The Morgan fingerprint density at radius 2 is 2.38 bits per heavy atom. The van der Waals surface area contributed by atoms with Crippen molar-refractivity contribution >= 4 is 0 Å². The number of hydrogen-bond donors (Lipinski definition) is 1. The maximum atomic E-state index is 6.07. The zero-order valence-corrected chi connectivity index (χ0v) is 8.51. The lowest BCUT2D eigenvalue weighted by molar-refractivity contribution is 0.543. The third-order valence-corrected chi connectivity index (χ3v) is 3.09. The molecule has 0 unspecified atom stereocenters. The van der Waals surface area contributed by atoms with Crippen molar-refractivity contribution in [1.82, 2.24) is 4.57 Å². The Labute approximate surface area is 79.7 Å². The van der Waals surface area contributed by atoms with Gasteiger partial charge < -0.3 is 10.3 Å². The van der Waals surface area contributed by atoms with Crippen LogP contribution in [-0.2, 0) is 13.0 Å². The molecule has 0 amide bonds. The monoisotopic (exact) mass is 178 g/mol. The molecule has 13 heavy (non-hydrogen) atoms. The molecule has 2 nitrogen and oxygen atoms in total. The summed E-state index contributed by atoms with van der Waals surface area (Å²) in [7, 11) is 0. The van der Waals surface area contributed by atoms with Crippen molar-refractivity contribution in [1.29, 1.82) is 0 Å². The van der Waals surface area contributed by atoms with E-state index in [1.807, 2.05) is 0 Å². The predicted molar refractivity (Wildman–Crippen MR) is 54.7 cm³/mol. The molecule has 1 aliphatic carbocycles. The van der Waals surface area contributed by atoms with Crippen molar-refractivity contribution < 1.29 is 0 Å². The van der Waals surface area contributed by atoms with Crippen LogP contribution in [0.2, 0.25) is 0 Å². The van der Waals surface area contributed by atoms with Gasteiger partial charge in [-0.25, -0.2) is 0 Å². The van der Waals surface area contributed by atoms with Gasteiger partial charge in [0.15, 0.2) is 0 Å². The second-order valence-corrected chi connectivity index (χ2v) is 3.93. The number of aromatic nitrogens is 1. The molecular weight excluding hydrogens is 160 g/mol. The molecule has 2 heteroatoms. The molecule has 0 fully saturated rings. The van der Waals surface area contributed by atoms with Crippen molar-refractivity contribution in [2.24, 2.45) is 5.73 Å². The summed E-state index contributed by atoms with van der Waals surface area (Å²) in [6, 6.07) is 2.55. The van der Waals surface area contributed by atoms with Crippen LogP contribution in [0.5, 0.6) is 0 Å². The average Bonchev–Trinajstić information content (AvgIpc) is 2.43. The fraction of sp³-hybridized carbons (Fsp3) is 0.636. The number of aryl methyl sites for hydroxylation is 1. The standard InChI is InChI=1S/C11H18N2/c1-3-13-8(2)7-9-10(12)5-4-6-11(9)13/h7,10H,3-6,12H2,1-2H3/t10-/m1/s1. The molecule has 1 atom stereocenters. The smallest absolute Gasteiger partial charge is 0.0313 e. The highest BCUT2D eigenvalue weighted by Crippen LogP contribution is 2.30. The van der Waals surface area contributed by atoms with Crippen LogP contribution in [0.25, 0.3) is 0 Å². The van der Waals surface area contributed by atoms with Gasteiger partial charge in [-0.05, 0) is 44.7 Å². The van der Waals surface area contributed by atoms with Gasteiger partial charge in [-0.2, -0.15) is 0 Å². The van der Waals surface area contributed by atoms with E-state index in [0.717, 1.165) is 13.0 Å². The summed E-state index contributed by atoms with van der Waals surface area (Å²) in [5.41, 5.74) is 10.3. The SMILES string of the molecule is CCn1c(C)cc2c1CCC[C@H]2N. The van der Waals surface area contributed by atoms with Crippen molar-refractivity contribution in [3.8, 4) is 0 Å². The summed E-state index contributed by atoms with van der Waals surface area (Å²) in [5, 5.41) is 0. The lowest BCUT2D eigenvalue weighted by Gasteiger charge is -2.20. The average molecular weight is 178 g/mol. The minimum atomic E-state index is 0.287. The molecule has 0 saturated carbocycles. The fourth-order valence-corrected chi connectivity index (χ4v) is 2.44. The Morgan fingerprint density at radius 1 is 1.62 bits per heavy atom. The first kappa shape index (κ1) is 8.82. The van der Waals surface area contributed by atoms with Crippen LogP contribution in [-0.4, -0.2) is 4.57 Å². The third kappa shape index (κ3) is 1.29. The highest BCUT2D eigenvalue weighted by atomic mass is 15.0. The van der Waals surface area contributed by atoms with E-state index in [-0.39, 0.29) is 6.04 Å². The third-order valence-electron chi connectivity index (χ3n) is 3.09. The fourth-order valence-electron chi connectivity index (χ4n) is 2.44. The molecular formula is C11H18N2. The van der Waals surface area contributed by atoms with Gasteiger partial charge in [-0.15, -0.1) is 0 Å². The van der Waals surface area contributed by atoms with E-state index in [9.17, 15) is 0 Å². The molecule has 1 aliphatic rings. The summed E-state index contributed by atoms with van der Waals surface area (Å²) in [6.07, 6.45) is 3.61. The van der Waals surface area contributed by atoms with Crippen LogP contribution < -0.4 is 5.73 Å². The van der Waals surface area contributed by atoms with E-state index in [4.69, 9.17) is 5.73 Å². The first-order valence-electron chi connectivity index (χ1n) is 5.18. The molecule has 2 N–H and O–H groups in total. The Balaban J connectivity index is 2.50. The number of nitrogens with zero attached hydrogens (tertiary/aromatic N) is 1. The van der Waals surface area contributed by atoms with Crippen molar-refractivity contribution in [3.05, 3.63) is 23.0 Å². The lowest BCUT2D eigenvalue weighted by Crippen LogP contribution is -2.18. The summed E-state index contributed by atoms with van der Waals surface area (Å²) in [6.45, 7) is 5.45. The van der Waals surface area contributed by atoms with Gasteiger partial charge in [-0.1, -0.05) is 0 Å². The zero-order chi connectivity index (χ0) is 9.42. The number of nitrogens with two attached hydrogens (primary N) is 1. The molecule has 1 heterocycles. The Kier molecular flexibility index (Phi) is 2.16. The molecule has 0 spiro atoms. The highest BCUT2D eigenvalue weighted by Gasteiger charge is 2.20. The highest BCUT2D eigenvalue weighted by molar-refractivity contribution is 5.32. The Bertz CT molecular complexity index is 312. The summed E-state index contributed by atoms with van der Waals surface area (Å²) in [5.74, 6) is 0. The Hall–Kier alpha value is -0.760. The quantitative estimate of drug-likeness (QED) is 0.702.